The lowest BCUT2D eigenvalue weighted by Crippen LogP contribution is -2.26. The van der Waals surface area contributed by atoms with Gasteiger partial charge in [-0.3, -0.25) is 0 Å². The van der Waals surface area contributed by atoms with Crippen molar-refractivity contribution in [2.75, 3.05) is 24.9 Å². The Hall–Kier alpha value is -2.86. The summed E-state index contributed by atoms with van der Waals surface area (Å²) in [5, 5.41) is 25.2. The predicted molar refractivity (Wildman–Crippen MR) is 117 cm³/mol. The first kappa shape index (κ1) is 11.4. The number of halogens is 1. The molecule has 0 heterocycles. The van der Waals surface area contributed by atoms with Gasteiger partial charge in [-0.15, -0.1) is 0 Å². The molecular formula is C23H23ClN2O3. The van der Waals surface area contributed by atoms with Crippen molar-refractivity contribution in [3.63, 3.8) is 0 Å². The summed E-state index contributed by atoms with van der Waals surface area (Å²) in [4.78, 5) is 11.6. The fourth-order valence-electron chi connectivity index (χ4n) is 2.33. The quantitative estimate of drug-likeness (QED) is 0.411. The molecule has 0 radical (unpaired) electrons. The minimum Gasteiger partial charge on any atom is -0.478 e. The lowest BCUT2D eigenvalue weighted by atomic mass is 10.0. The molecule has 0 aliphatic heterocycles. The van der Waals surface area contributed by atoms with Crippen molar-refractivity contribution in [2.45, 2.75) is 6.10 Å². The third-order valence-electron chi connectivity index (χ3n) is 3.72. The van der Waals surface area contributed by atoms with Gasteiger partial charge in [-0.2, -0.15) is 0 Å². The number of benzene rings is 3. The van der Waals surface area contributed by atoms with Crippen LogP contribution in [0.5, 0.6) is 0 Å². The maximum absolute atomic E-state index is 11.6. The van der Waals surface area contributed by atoms with E-state index in [1.165, 1.54) is 6.07 Å². The first-order valence-electron chi connectivity index (χ1n) is 13.5. The first-order valence-corrected chi connectivity index (χ1v) is 8.83. The second-order valence-corrected chi connectivity index (χ2v) is 6.22. The van der Waals surface area contributed by atoms with E-state index in [9.17, 15) is 15.0 Å². The fraction of sp³-hybridized carbons (Fsp3) is 0.174. The number of rotatable bonds is 9. The number of aliphatic hydroxyl groups is 1. The molecule has 4 N–H and O–H groups in total. The number of aromatic carboxylic acids is 1. The van der Waals surface area contributed by atoms with Gasteiger partial charge in [0.2, 0.25) is 0 Å². The number of nitrogens with one attached hydrogen (secondary N) is 2. The molecule has 0 saturated heterocycles. The smallest absolute Gasteiger partial charge is 0.335 e. The van der Waals surface area contributed by atoms with Gasteiger partial charge in [0.1, 0.15) is 0 Å². The monoisotopic (exact) mass is 420 g/mol. The molecule has 0 aliphatic rings. The molecule has 1 atom stereocenters. The zero-order chi connectivity index (χ0) is 29.4. The van der Waals surface area contributed by atoms with E-state index in [-0.39, 0.29) is 6.54 Å². The van der Waals surface area contributed by atoms with Crippen LogP contribution < -0.4 is 10.6 Å². The Morgan fingerprint density at radius 3 is 2.69 bits per heavy atom. The van der Waals surface area contributed by atoms with Crippen molar-refractivity contribution >= 4 is 23.3 Å². The lowest BCUT2D eigenvalue weighted by molar-refractivity contribution is 0.0697. The van der Waals surface area contributed by atoms with Gasteiger partial charge in [0.15, 0.2) is 0 Å². The van der Waals surface area contributed by atoms with Gasteiger partial charge in [0, 0.05) is 33.0 Å². The molecule has 0 fully saturated rings. The van der Waals surface area contributed by atoms with Crippen molar-refractivity contribution in [2.24, 2.45) is 0 Å². The summed E-state index contributed by atoms with van der Waals surface area (Å²) in [5.74, 6) is -1.72. The largest absolute Gasteiger partial charge is 0.478 e. The van der Waals surface area contributed by atoms with Crippen LogP contribution in [0.3, 0.4) is 0 Å². The van der Waals surface area contributed by atoms with Crippen molar-refractivity contribution in [3.05, 3.63) is 88.8 Å². The van der Waals surface area contributed by atoms with Crippen LogP contribution in [0.4, 0.5) is 5.69 Å². The molecule has 0 unspecified atom stereocenters. The number of aliphatic hydroxyl groups excluding tert-OH is 1. The van der Waals surface area contributed by atoms with Crippen LogP contribution in [0.15, 0.2) is 72.6 Å². The number of carbonyl (C=O) groups is 1. The van der Waals surface area contributed by atoms with E-state index in [0.29, 0.717) is 10.6 Å². The van der Waals surface area contributed by atoms with E-state index in [1.807, 2.05) is 0 Å². The Bertz CT molecular complexity index is 1450. The molecule has 3 aromatic rings. The molecule has 0 aromatic heterocycles. The highest BCUT2D eigenvalue weighted by atomic mass is 35.5. The maximum atomic E-state index is 11.6. The molecule has 0 bridgehead atoms. The van der Waals surface area contributed by atoms with Gasteiger partial charge in [-0.1, -0.05) is 47.9 Å². The Labute approximate surface area is 189 Å². The summed E-state index contributed by atoms with van der Waals surface area (Å²) in [5.41, 5.74) is -2.11. The number of hydrogen-bond acceptors (Lipinski definition) is 4. The maximum Gasteiger partial charge on any atom is 0.335 e. The SMILES string of the molecule is [2H]c1c([2H])c(NCC([2H])([2H])NC[C@H](O)c2cccc(Cl)c2)c([2H])c(-c2c([2H])c([2H])c([2H])c(C(=O)O)c2[2H])c1[2H]. The summed E-state index contributed by atoms with van der Waals surface area (Å²) >= 11 is 5.91. The second-order valence-electron chi connectivity index (χ2n) is 5.79. The first-order chi connectivity index (χ1) is 18.1. The average molecular weight is 421 g/mol. The topological polar surface area (TPSA) is 81.6 Å². The second kappa shape index (κ2) is 10.1. The van der Waals surface area contributed by atoms with Gasteiger partial charge in [-0.05, 0) is 53.0 Å². The zero-order valence-electron chi connectivity index (χ0n) is 25.0. The molecule has 29 heavy (non-hydrogen) atoms. The molecule has 150 valence electrons. The molecular weight excluding hydrogens is 388 g/mol. The molecule has 3 rings (SSSR count). The summed E-state index contributed by atoms with van der Waals surface area (Å²) in [6, 6.07) is 0.0784. The van der Waals surface area contributed by atoms with Crippen LogP contribution in [-0.4, -0.2) is 35.8 Å². The minimum atomic E-state index is -2.22. The Balaban J connectivity index is 1.98. The fourth-order valence-corrected chi connectivity index (χ4v) is 2.53. The molecule has 3 aromatic carbocycles. The van der Waals surface area contributed by atoms with E-state index in [1.54, 1.807) is 18.2 Å². The highest BCUT2D eigenvalue weighted by molar-refractivity contribution is 6.30. The third-order valence-corrected chi connectivity index (χ3v) is 3.96. The van der Waals surface area contributed by atoms with Gasteiger partial charge in [0.05, 0.1) is 22.6 Å². The highest BCUT2D eigenvalue weighted by Gasteiger charge is 2.07. The molecule has 0 spiro atoms. The van der Waals surface area contributed by atoms with Crippen molar-refractivity contribution < 1.29 is 28.7 Å². The molecule has 5 nitrogen and oxygen atoms in total. The average Bonchev–Trinajstić information content (AvgIpc) is 2.86. The Morgan fingerprint density at radius 1 is 1.17 bits per heavy atom. The normalized spacial score (nSPS) is 17.2. The standard InChI is InChI=1S/C23H23ClN2O3/c24-20-8-2-6-18(13-20)22(27)15-25-10-11-26-21-9-3-5-17(14-21)16-4-1-7-19(12-16)23(28)29/h1-9,12-14,22,25-27H,10-11,15H2,(H,28,29)/t22-/m0/s1/i1D,3D,4D,5D,7D,9D,10D2,12D,14D. The van der Waals surface area contributed by atoms with E-state index in [2.05, 4.69) is 10.6 Å². The van der Waals surface area contributed by atoms with Crippen LogP contribution in [0.1, 0.15) is 35.7 Å². The molecule has 0 amide bonds. The van der Waals surface area contributed by atoms with Crippen LogP contribution in [0, 0.1) is 0 Å². The van der Waals surface area contributed by atoms with Crippen LogP contribution in [-0.2, 0) is 0 Å². The van der Waals surface area contributed by atoms with Gasteiger partial charge in [-0.25, -0.2) is 4.79 Å². The summed E-state index contributed by atoms with van der Waals surface area (Å²) in [7, 11) is 0. The minimum absolute atomic E-state index is 0.231. The van der Waals surface area contributed by atoms with Gasteiger partial charge < -0.3 is 20.8 Å². The van der Waals surface area contributed by atoms with Crippen LogP contribution in [0.25, 0.3) is 11.1 Å². The van der Waals surface area contributed by atoms with E-state index in [0.717, 1.165) is 0 Å². The zero-order valence-corrected chi connectivity index (χ0v) is 15.7. The molecule has 0 saturated carbocycles. The van der Waals surface area contributed by atoms with Crippen LogP contribution >= 0.6 is 11.6 Å². The molecule has 6 heteroatoms. The van der Waals surface area contributed by atoms with E-state index < -0.39 is 95.8 Å². The number of carboxylic acids is 1. The lowest BCUT2D eigenvalue weighted by Gasteiger charge is -2.13. The predicted octanol–water partition coefficient (Wildman–Crippen LogP) is 4.44. The van der Waals surface area contributed by atoms with Gasteiger partial charge in [0.25, 0.3) is 0 Å². The summed E-state index contributed by atoms with van der Waals surface area (Å²) in [6.45, 7) is -3.04. The Morgan fingerprint density at radius 2 is 1.93 bits per heavy atom. The van der Waals surface area contributed by atoms with E-state index >= 15 is 0 Å². The molecule has 0 aliphatic carbocycles. The Kier molecular flexibility index (Phi) is 3.94. The summed E-state index contributed by atoms with van der Waals surface area (Å²) in [6.07, 6.45) is -1.11. The number of anilines is 1. The van der Waals surface area contributed by atoms with Gasteiger partial charge >= 0.3 is 5.97 Å². The highest BCUT2D eigenvalue weighted by Crippen LogP contribution is 2.23. The third kappa shape index (κ3) is 6.06. The van der Waals surface area contributed by atoms with Crippen LogP contribution in [0.2, 0.25) is 5.02 Å². The number of carboxylic acid groups (broad SMARTS) is 1. The van der Waals surface area contributed by atoms with Crippen molar-refractivity contribution in [3.8, 4) is 11.1 Å². The number of hydrogen-bond donors (Lipinski definition) is 4. The summed E-state index contributed by atoms with van der Waals surface area (Å²) < 4.78 is 81.8. The van der Waals surface area contributed by atoms with E-state index in [4.69, 9.17) is 25.3 Å². The van der Waals surface area contributed by atoms with Crippen molar-refractivity contribution in [1.82, 2.24) is 5.32 Å². The van der Waals surface area contributed by atoms with Crippen molar-refractivity contribution in [1.29, 1.82) is 0 Å².